The van der Waals surface area contributed by atoms with Gasteiger partial charge >= 0.3 is 0 Å². The van der Waals surface area contributed by atoms with E-state index >= 15 is 0 Å². The minimum absolute atomic E-state index is 0.0250. The Balaban J connectivity index is 1.79. The van der Waals surface area contributed by atoms with Gasteiger partial charge in [0.1, 0.15) is 0 Å². The van der Waals surface area contributed by atoms with Crippen LogP contribution >= 0.6 is 0 Å². The Bertz CT molecular complexity index is 326. The Labute approximate surface area is 128 Å². The summed E-state index contributed by atoms with van der Waals surface area (Å²) in [6, 6.07) is 0.422. The Kier molecular flexibility index (Phi) is 6.41. The lowest BCUT2D eigenvalue weighted by molar-refractivity contribution is -0.141. The van der Waals surface area contributed by atoms with Gasteiger partial charge in [0.25, 0.3) is 0 Å². The molecule has 2 atom stereocenters. The zero-order valence-corrected chi connectivity index (χ0v) is 13.6. The first-order valence-corrected chi connectivity index (χ1v) is 7.97. The van der Waals surface area contributed by atoms with Crippen LogP contribution in [0.3, 0.4) is 0 Å². The predicted molar refractivity (Wildman–Crippen MR) is 81.3 cm³/mol. The Morgan fingerprint density at radius 3 is 2.19 bits per heavy atom. The monoisotopic (exact) mass is 299 g/mol. The number of piperazine rings is 1. The fraction of sp³-hybridized carbons (Fsp3) is 0.933. The number of rotatable bonds is 5. The lowest BCUT2D eigenvalue weighted by atomic mass is 10.1. The summed E-state index contributed by atoms with van der Waals surface area (Å²) in [6.07, 6.45) is 0. The van der Waals surface area contributed by atoms with E-state index in [1.165, 1.54) is 0 Å². The molecule has 0 aliphatic carbocycles. The van der Waals surface area contributed by atoms with E-state index in [-0.39, 0.29) is 11.9 Å². The van der Waals surface area contributed by atoms with Crippen LogP contribution in [-0.4, -0.2) is 98.9 Å². The Morgan fingerprint density at radius 2 is 1.62 bits per heavy atom. The summed E-state index contributed by atoms with van der Waals surface area (Å²) in [5.74, 6) is 0.247. The largest absolute Gasteiger partial charge is 0.383 e. The molecule has 0 saturated carbocycles. The molecular formula is C15H29N3O3. The summed E-state index contributed by atoms with van der Waals surface area (Å²) in [5, 5.41) is 0. The maximum Gasteiger partial charge on any atom is 0.239 e. The maximum atomic E-state index is 12.5. The van der Waals surface area contributed by atoms with Crippen LogP contribution < -0.4 is 0 Å². The molecule has 2 heterocycles. The molecule has 1 amide bonds. The van der Waals surface area contributed by atoms with Gasteiger partial charge in [-0.3, -0.25) is 14.6 Å². The van der Waals surface area contributed by atoms with E-state index in [0.717, 1.165) is 45.9 Å². The number of nitrogens with zero attached hydrogens (tertiary/aromatic N) is 3. The van der Waals surface area contributed by atoms with E-state index in [0.29, 0.717) is 19.3 Å². The van der Waals surface area contributed by atoms with Gasteiger partial charge in [0.15, 0.2) is 0 Å². The van der Waals surface area contributed by atoms with Crippen molar-refractivity contribution < 1.29 is 14.3 Å². The molecule has 0 bridgehead atoms. The number of methoxy groups -OCH3 is 1. The molecule has 6 heteroatoms. The van der Waals surface area contributed by atoms with Crippen LogP contribution in [0.25, 0.3) is 0 Å². The number of carbonyl (C=O) groups is 1. The normalized spacial score (nSPS) is 24.8. The molecule has 2 fully saturated rings. The van der Waals surface area contributed by atoms with Gasteiger partial charge in [-0.25, -0.2) is 0 Å². The van der Waals surface area contributed by atoms with Gasteiger partial charge in [0.2, 0.25) is 5.91 Å². The summed E-state index contributed by atoms with van der Waals surface area (Å²) in [7, 11) is 1.75. The van der Waals surface area contributed by atoms with Crippen molar-refractivity contribution >= 4 is 5.91 Å². The van der Waals surface area contributed by atoms with E-state index in [2.05, 4.69) is 16.7 Å². The van der Waals surface area contributed by atoms with Gasteiger partial charge in [0.05, 0.1) is 25.9 Å². The van der Waals surface area contributed by atoms with Crippen LogP contribution in [-0.2, 0) is 14.3 Å². The van der Waals surface area contributed by atoms with E-state index in [4.69, 9.17) is 9.47 Å². The van der Waals surface area contributed by atoms with Crippen molar-refractivity contribution in [1.29, 1.82) is 0 Å². The van der Waals surface area contributed by atoms with Gasteiger partial charge in [-0.2, -0.15) is 0 Å². The van der Waals surface area contributed by atoms with Crippen LogP contribution in [0.5, 0.6) is 0 Å². The average Bonchev–Trinajstić information content (AvgIpc) is 2.54. The third-order valence-electron chi connectivity index (χ3n) is 4.61. The first kappa shape index (κ1) is 16.7. The summed E-state index contributed by atoms with van der Waals surface area (Å²) < 4.78 is 10.5. The summed E-state index contributed by atoms with van der Waals surface area (Å²) in [6.45, 7) is 11.7. The van der Waals surface area contributed by atoms with Crippen molar-refractivity contribution in [3.05, 3.63) is 0 Å². The number of morpholine rings is 1. The highest BCUT2D eigenvalue weighted by Crippen LogP contribution is 2.12. The fourth-order valence-electron chi connectivity index (χ4n) is 3.12. The molecule has 0 aromatic heterocycles. The number of ether oxygens (including phenoxy) is 2. The molecule has 0 N–H and O–H groups in total. The molecule has 0 unspecified atom stereocenters. The minimum atomic E-state index is -0.0250. The molecular weight excluding hydrogens is 270 g/mol. The topological polar surface area (TPSA) is 45.2 Å². The van der Waals surface area contributed by atoms with Crippen molar-refractivity contribution in [3.8, 4) is 0 Å². The summed E-state index contributed by atoms with van der Waals surface area (Å²) in [4.78, 5) is 19.2. The lowest BCUT2D eigenvalue weighted by Crippen LogP contribution is -2.57. The molecule has 6 nitrogen and oxygen atoms in total. The first-order chi connectivity index (χ1) is 10.1. The first-order valence-electron chi connectivity index (χ1n) is 7.97. The number of amides is 1. The standard InChI is InChI=1S/C15H29N3O3/c1-13(12-20-3)16-4-6-17(7-5-16)14(2)15(19)18-8-10-21-11-9-18/h13-14H,4-12H2,1-3H3/t13-,14-/m1/s1. The zero-order chi connectivity index (χ0) is 15.2. The van der Waals surface area contributed by atoms with Crippen LogP contribution in [0.1, 0.15) is 13.8 Å². The van der Waals surface area contributed by atoms with Crippen LogP contribution in [0.2, 0.25) is 0 Å². The minimum Gasteiger partial charge on any atom is -0.383 e. The quantitative estimate of drug-likeness (QED) is 0.709. The van der Waals surface area contributed by atoms with Crippen LogP contribution in [0.15, 0.2) is 0 Å². The Morgan fingerprint density at radius 1 is 1.05 bits per heavy atom. The summed E-state index contributed by atoms with van der Waals surface area (Å²) >= 11 is 0. The number of hydrogen-bond donors (Lipinski definition) is 0. The van der Waals surface area contributed by atoms with E-state index in [9.17, 15) is 4.79 Å². The second-order valence-corrected chi connectivity index (χ2v) is 5.99. The lowest BCUT2D eigenvalue weighted by Gasteiger charge is -2.41. The molecule has 0 aromatic carbocycles. The average molecular weight is 299 g/mol. The predicted octanol–water partition coefficient (Wildman–Crippen LogP) is -0.114. The van der Waals surface area contributed by atoms with Crippen molar-refractivity contribution in [2.24, 2.45) is 0 Å². The highest BCUT2D eigenvalue weighted by Gasteiger charge is 2.30. The Hall–Kier alpha value is -0.690. The van der Waals surface area contributed by atoms with Crippen LogP contribution in [0, 0.1) is 0 Å². The molecule has 2 aliphatic rings. The molecule has 2 saturated heterocycles. The van der Waals surface area contributed by atoms with Crippen LogP contribution in [0.4, 0.5) is 0 Å². The highest BCUT2D eigenvalue weighted by molar-refractivity contribution is 5.81. The van der Waals surface area contributed by atoms with Gasteiger partial charge in [-0.05, 0) is 13.8 Å². The molecule has 0 radical (unpaired) electrons. The number of hydrogen-bond acceptors (Lipinski definition) is 5. The second-order valence-electron chi connectivity index (χ2n) is 5.99. The highest BCUT2D eigenvalue weighted by atomic mass is 16.5. The van der Waals surface area contributed by atoms with Gasteiger partial charge in [-0.15, -0.1) is 0 Å². The second kappa shape index (κ2) is 8.08. The summed E-state index contributed by atoms with van der Waals surface area (Å²) in [5.41, 5.74) is 0. The smallest absolute Gasteiger partial charge is 0.239 e. The third kappa shape index (κ3) is 4.39. The van der Waals surface area contributed by atoms with E-state index < -0.39 is 0 Å². The molecule has 21 heavy (non-hydrogen) atoms. The maximum absolute atomic E-state index is 12.5. The molecule has 0 spiro atoms. The molecule has 2 rings (SSSR count). The van der Waals surface area contributed by atoms with Crippen molar-refractivity contribution in [2.45, 2.75) is 25.9 Å². The molecule has 122 valence electrons. The molecule has 2 aliphatic heterocycles. The van der Waals surface area contributed by atoms with E-state index in [1.807, 2.05) is 11.8 Å². The molecule has 0 aromatic rings. The van der Waals surface area contributed by atoms with Crippen molar-refractivity contribution in [1.82, 2.24) is 14.7 Å². The zero-order valence-electron chi connectivity index (χ0n) is 13.6. The third-order valence-corrected chi connectivity index (χ3v) is 4.61. The fourth-order valence-corrected chi connectivity index (χ4v) is 3.12. The SMILES string of the molecule is COC[C@@H](C)N1CCN([C@H](C)C(=O)N2CCOCC2)CC1. The van der Waals surface area contributed by atoms with Gasteiger partial charge in [-0.1, -0.05) is 0 Å². The van der Waals surface area contributed by atoms with E-state index in [1.54, 1.807) is 7.11 Å². The van der Waals surface area contributed by atoms with Gasteiger partial charge in [0, 0.05) is 52.4 Å². The van der Waals surface area contributed by atoms with Gasteiger partial charge < -0.3 is 14.4 Å². The van der Waals surface area contributed by atoms with Crippen molar-refractivity contribution in [3.63, 3.8) is 0 Å². The van der Waals surface area contributed by atoms with Crippen molar-refractivity contribution in [2.75, 3.05) is 66.2 Å². The number of carbonyl (C=O) groups excluding carboxylic acids is 1.